The van der Waals surface area contributed by atoms with E-state index in [4.69, 9.17) is 0 Å². The van der Waals surface area contributed by atoms with Gasteiger partial charge in [0.1, 0.15) is 5.78 Å². The summed E-state index contributed by atoms with van der Waals surface area (Å²) in [5, 5.41) is 0. The highest BCUT2D eigenvalue weighted by Crippen LogP contribution is 2.19. The molecule has 1 aliphatic heterocycles. The third kappa shape index (κ3) is 1.65. The minimum atomic E-state index is 0.0718. The molecule has 0 spiro atoms. The van der Waals surface area contributed by atoms with Crippen LogP contribution in [0.5, 0.6) is 0 Å². The van der Waals surface area contributed by atoms with E-state index in [0.29, 0.717) is 12.8 Å². The summed E-state index contributed by atoms with van der Waals surface area (Å²) in [5.41, 5.74) is 0. The van der Waals surface area contributed by atoms with E-state index in [2.05, 4.69) is 0 Å². The van der Waals surface area contributed by atoms with Crippen LogP contribution in [0.4, 0.5) is 0 Å². The van der Waals surface area contributed by atoms with Crippen molar-refractivity contribution in [1.29, 1.82) is 0 Å². The normalized spacial score (nSPS) is 30.6. The standard InChI is InChI=1S/C9H15NO2/c1-6-4-9(12)5-7(2)10(6)8(3)11/h6-7H,4-5H2,1-3H3/t6-,7-/m1/s1. The SMILES string of the molecule is CC(=O)N1[C@H](C)CC(=O)C[C@H]1C. The van der Waals surface area contributed by atoms with Crippen LogP contribution in [0.2, 0.25) is 0 Å². The third-order valence-corrected chi connectivity index (χ3v) is 2.36. The highest BCUT2D eigenvalue weighted by atomic mass is 16.2. The predicted molar refractivity (Wildman–Crippen MR) is 45.7 cm³/mol. The number of carbonyl (C=O) groups excluding carboxylic acids is 2. The minimum absolute atomic E-state index is 0.0718. The summed E-state index contributed by atoms with van der Waals surface area (Å²) < 4.78 is 0. The average molecular weight is 169 g/mol. The number of carbonyl (C=O) groups is 2. The van der Waals surface area contributed by atoms with Gasteiger partial charge in [0.25, 0.3) is 0 Å². The zero-order chi connectivity index (χ0) is 9.30. The van der Waals surface area contributed by atoms with Gasteiger partial charge in [0, 0.05) is 31.8 Å². The molecule has 0 aliphatic carbocycles. The molecule has 3 heteroatoms. The predicted octanol–water partition coefficient (Wildman–Crippen LogP) is 0.975. The Labute approximate surface area is 72.7 Å². The van der Waals surface area contributed by atoms with Crippen LogP contribution in [0.1, 0.15) is 33.6 Å². The number of hydrogen-bond donors (Lipinski definition) is 0. The molecule has 1 fully saturated rings. The van der Waals surface area contributed by atoms with Gasteiger partial charge in [-0.2, -0.15) is 0 Å². The Balaban J connectivity index is 2.73. The van der Waals surface area contributed by atoms with Crippen LogP contribution in [-0.4, -0.2) is 28.7 Å². The van der Waals surface area contributed by atoms with Crippen LogP contribution < -0.4 is 0 Å². The molecule has 1 heterocycles. The summed E-state index contributed by atoms with van der Waals surface area (Å²) in [4.78, 5) is 24.0. The van der Waals surface area contributed by atoms with E-state index in [1.54, 1.807) is 11.8 Å². The van der Waals surface area contributed by atoms with Crippen LogP contribution in [0, 0.1) is 0 Å². The van der Waals surface area contributed by atoms with E-state index < -0.39 is 0 Å². The van der Waals surface area contributed by atoms with Crippen molar-refractivity contribution in [2.75, 3.05) is 0 Å². The Hall–Kier alpha value is -0.860. The largest absolute Gasteiger partial charge is 0.337 e. The summed E-state index contributed by atoms with van der Waals surface area (Å²) in [7, 11) is 0. The topological polar surface area (TPSA) is 37.4 Å². The van der Waals surface area contributed by atoms with Crippen molar-refractivity contribution in [1.82, 2.24) is 4.90 Å². The fraction of sp³-hybridized carbons (Fsp3) is 0.778. The van der Waals surface area contributed by atoms with E-state index in [-0.39, 0.29) is 23.8 Å². The van der Waals surface area contributed by atoms with Gasteiger partial charge in [-0.1, -0.05) is 0 Å². The van der Waals surface area contributed by atoms with Gasteiger partial charge in [-0.3, -0.25) is 9.59 Å². The molecule has 12 heavy (non-hydrogen) atoms. The molecule has 1 saturated heterocycles. The maximum atomic E-state index is 11.1. The molecule has 0 unspecified atom stereocenters. The second-order valence-corrected chi connectivity index (χ2v) is 3.57. The number of piperidine rings is 1. The molecule has 0 saturated carbocycles. The van der Waals surface area contributed by atoms with E-state index in [9.17, 15) is 9.59 Å². The van der Waals surface area contributed by atoms with Crippen LogP contribution in [-0.2, 0) is 9.59 Å². The van der Waals surface area contributed by atoms with Crippen LogP contribution >= 0.6 is 0 Å². The molecule has 3 nitrogen and oxygen atoms in total. The first-order valence-corrected chi connectivity index (χ1v) is 4.33. The Morgan fingerprint density at radius 2 is 1.75 bits per heavy atom. The van der Waals surface area contributed by atoms with Crippen LogP contribution in [0.15, 0.2) is 0 Å². The van der Waals surface area contributed by atoms with Gasteiger partial charge in [0.2, 0.25) is 5.91 Å². The zero-order valence-electron chi connectivity index (χ0n) is 7.83. The average Bonchev–Trinajstić information content (AvgIpc) is 1.82. The Morgan fingerprint density at radius 3 is 2.08 bits per heavy atom. The number of amides is 1. The van der Waals surface area contributed by atoms with E-state index in [1.807, 2.05) is 13.8 Å². The van der Waals surface area contributed by atoms with Crippen molar-refractivity contribution in [2.45, 2.75) is 45.7 Å². The molecular weight excluding hydrogens is 154 g/mol. The molecule has 2 atom stereocenters. The Bertz CT molecular complexity index is 199. The van der Waals surface area contributed by atoms with Crippen molar-refractivity contribution in [3.8, 4) is 0 Å². The van der Waals surface area contributed by atoms with Crippen molar-refractivity contribution < 1.29 is 9.59 Å². The lowest BCUT2D eigenvalue weighted by atomic mass is 9.96. The molecule has 0 radical (unpaired) electrons. The monoisotopic (exact) mass is 169 g/mol. The molecule has 1 rings (SSSR count). The second kappa shape index (κ2) is 3.25. The summed E-state index contributed by atoms with van der Waals surface area (Å²) in [6, 6.07) is 0.164. The smallest absolute Gasteiger partial charge is 0.219 e. The second-order valence-electron chi connectivity index (χ2n) is 3.57. The van der Waals surface area contributed by atoms with Crippen molar-refractivity contribution in [2.24, 2.45) is 0 Å². The molecular formula is C9H15NO2. The maximum absolute atomic E-state index is 11.1. The lowest BCUT2D eigenvalue weighted by Crippen LogP contribution is -2.49. The fourth-order valence-electron chi connectivity index (χ4n) is 1.99. The molecule has 1 aliphatic rings. The first-order chi connectivity index (χ1) is 5.52. The summed E-state index contributed by atoms with van der Waals surface area (Å²) in [5.74, 6) is 0.343. The Kier molecular flexibility index (Phi) is 2.50. The maximum Gasteiger partial charge on any atom is 0.219 e. The molecule has 0 aromatic rings. The number of nitrogens with zero attached hydrogens (tertiary/aromatic N) is 1. The van der Waals surface area contributed by atoms with Crippen molar-refractivity contribution >= 4 is 11.7 Å². The van der Waals surface area contributed by atoms with Gasteiger partial charge < -0.3 is 4.90 Å². The lowest BCUT2D eigenvalue weighted by molar-refractivity contribution is -0.138. The number of hydrogen-bond acceptors (Lipinski definition) is 2. The minimum Gasteiger partial charge on any atom is -0.337 e. The van der Waals surface area contributed by atoms with E-state index >= 15 is 0 Å². The Morgan fingerprint density at radius 1 is 1.33 bits per heavy atom. The van der Waals surface area contributed by atoms with Gasteiger partial charge in [-0.15, -0.1) is 0 Å². The summed E-state index contributed by atoms with van der Waals surface area (Å²) >= 11 is 0. The van der Waals surface area contributed by atoms with Crippen LogP contribution in [0.25, 0.3) is 0 Å². The third-order valence-electron chi connectivity index (χ3n) is 2.36. The molecule has 0 aromatic carbocycles. The number of Topliss-reactive ketones (excluding diaryl/α,β-unsaturated/α-hetero) is 1. The lowest BCUT2D eigenvalue weighted by Gasteiger charge is -2.37. The van der Waals surface area contributed by atoms with Gasteiger partial charge in [0.15, 0.2) is 0 Å². The molecule has 1 amide bonds. The summed E-state index contributed by atoms with van der Waals surface area (Å²) in [6.45, 7) is 5.41. The number of ketones is 1. The van der Waals surface area contributed by atoms with Gasteiger partial charge in [0.05, 0.1) is 0 Å². The van der Waals surface area contributed by atoms with E-state index in [0.717, 1.165) is 0 Å². The quantitative estimate of drug-likeness (QED) is 0.542. The molecule has 0 bridgehead atoms. The van der Waals surface area contributed by atoms with Crippen molar-refractivity contribution in [3.05, 3.63) is 0 Å². The van der Waals surface area contributed by atoms with E-state index in [1.165, 1.54) is 0 Å². The van der Waals surface area contributed by atoms with Gasteiger partial charge in [-0.25, -0.2) is 0 Å². The van der Waals surface area contributed by atoms with Gasteiger partial charge in [-0.05, 0) is 13.8 Å². The summed E-state index contributed by atoms with van der Waals surface area (Å²) in [6.07, 6.45) is 1.04. The number of likely N-dealkylation sites (tertiary alicyclic amines) is 1. The number of rotatable bonds is 0. The first kappa shape index (κ1) is 9.23. The fourth-order valence-corrected chi connectivity index (χ4v) is 1.99. The molecule has 68 valence electrons. The highest BCUT2D eigenvalue weighted by molar-refractivity contribution is 5.83. The first-order valence-electron chi connectivity index (χ1n) is 4.33. The van der Waals surface area contributed by atoms with Crippen LogP contribution in [0.3, 0.4) is 0 Å². The zero-order valence-corrected chi connectivity index (χ0v) is 7.83. The highest BCUT2D eigenvalue weighted by Gasteiger charge is 2.30. The molecule has 0 aromatic heterocycles. The van der Waals surface area contributed by atoms with Gasteiger partial charge >= 0.3 is 0 Å². The van der Waals surface area contributed by atoms with Crippen molar-refractivity contribution in [3.63, 3.8) is 0 Å². The molecule has 0 N–H and O–H groups in total.